The molecule has 0 aliphatic carbocycles. The minimum atomic E-state index is -4.46. The quantitative estimate of drug-likeness (QED) is 0.417. The Balaban J connectivity index is 4.35. The maximum Gasteiger partial charge on any atom is 0.422 e. The van der Waals surface area contributed by atoms with Crippen molar-refractivity contribution in [1.29, 1.82) is 0 Å². The summed E-state index contributed by atoms with van der Waals surface area (Å²) in [6, 6.07) is 0. The first-order chi connectivity index (χ1) is 4.88. The number of rotatable bonds is 1. The smallest absolute Gasteiger partial charge is 0.422 e. The highest BCUT2D eigenvalue weighted by molar-refractivity contribution is 14.1. The summed E-state index contributed by atoms with van der Waals surface area (Å²) in [4.78, 5) is 10.3. The van der Waals surface area contributed by atoms with Gasteiger partial charge in [0.2, 0.25) is 0 Å². The fraction of sp³-hybridized carbons (Fsp3) is 0.400. The van der Waals surface area contributed by atoms with Crippen LogP contribution in [-0.2, 0) is 9.53 Å². The number of ether oxygens (including phenoxy) is 1. The van der Waals surface area contributed by atoms with E-state index in [4.69, 9.17) is 0 Å². The van der Waals surface area contributed by atoms with Crippen molar-refractivity contribution in [3.8, 4) is 0 Å². The molecule has 6 heteroatoms. The molecule has 64 valence electrons. The van der Waals surface area contributed by atoms with Crippen molar-refractivity contribution >= 4 is 28.6 Å². The van der Waals surface area contributed by atoms with E-state index in [-0.39, 0.29) is 0 Å². The summed E-state index contributed by atoms with van der Waals surface area (Å²) in [6.07, 6.45) is -4.07. The molecule has 0 fully saturated rings. The number of alkyl halides is 3. The molecule has 0 radical (unpaired) electrons. The minimum Gasteiger partial charge on any atom is -0.466 e. The maximum absolute atomic E-state index is 11.7. The van der Waals surface area contributed by atoms with Crippen LogP contribution in [0.1, 0.15) is 0 Å². The lowest BCUT2D eigenvalue weighted by Crippen LogP contribution is -2.09. The predicted octanol–water partition coefficient (Wildman–Crippen LogP) is 2.04. The average Bonchev–Trinajstić information content (AvgIpc) is 1.85. The number of carbonyl (C=O) groups excluding carboxylic acids is 1. The first kappa shape index (κ1) is 10.7. The van der Waals surface area contributed by atoms with Gasteiger partial charge in [-0.15, -0.1) is 0 Å². The van der Waals surface area contributed by atoms with Crippen LogP contribution in [-0.4, -0.2) is 19.3 Å². The number of hydrogen-bond donors (Lipinski definition) is 0. The maximum atomic E-state index is 11.7. The average molecular weight is 280 g/mol. The van der Waals surface area contributed by atoms with Crippen LogP contribution < -0.4 is 0 Å². The molecule has 0 aliphatic heterocycles. The van der Waals surface area contributed by atoms with E-state index in [0.717, 1.165) is 29.7 Å². The zero-order valence-corrected chi connectivity index (χ0v) is 7.56. The van der Waals surface area contributed by atoms with Crippen LogP contribution in [0.25, 0.3) is 0 Å². The highest BCUT2D eigenvalue weighted by Crippen LogP contribution is 2.30. The molecule has 0 aliphatic rings. The molecule has 0 rings (SSSR count). The topological polar surface area (TPSA) is 26.3 Å². The molecular weight excluding hydrogens is 276 g/mol. The lowest BCUT2D eigenvalue weighted by Gasteiger charge is -2.02. The number of halogens is 4. The van der Waals surface area contributed by atoms with E-state index in [1.165, 1.54) is 0 Å². The van der Waals surface area contributed by atoms with Gasteiger partial charge in [-0.25, -0.2) is 4.79 Å². The Morgan fingerprint density at radius 3 is 2.27 bits per heavy atom. The number of esters is 1. The number of allylic oxidation sites excluding steroid dienone is 1. The predicted molar refractivity (Wildman–Crippen MR) is 40.2 cm³/mol. The summed E-state index contributed by atoms with van der Waals surface area (Å²) in [7, 11) is 1.01. The van der Waals surface area contributed by atoms with E-state index < -0.39 is 15.7 Å². The van der Waals surface area contributed by atoms with E-state index in [2.05, 4.69) is 4.74 Å². The Morgan fingerprint density at radius 1 is 1.55 bits per heavy atom. The van der Waals surface area contributed by atoms with Crippen LogP contribution in [0, 0.1) is 0 Å². The Hall–Kier alpha value is -0.270. The van der Waals surface area contributed by atoms with Gasteiger partial charge in [0.1, 0.15) is 3.58 Å². The van der Waals surface area contributed by atoms with E-state index >= 15 is 0 Å². The van der Waals surface area contributed by atoms with Crippen molar-refractivity contribution in [2.75, 3.05) is 7.11 Å². The third-order valence-corrected chi connectivity index (χ3v) is 1.64. The highest BCUT2D eigenvalue weighted by Gasteiger charge is 2.32. The number of carbonyl (C=O) groups is 1. The Kier molecular flexibility index (Phi) is 3.84. The van der Waals surface area contributed by atoms with Crippen LogP contribution in [0.2, 0.25) is 0 Å². The summed E-state index contributed by atoms with van der Waals surface area (Å²) < 4.78 is 38.0. The van der Waals surface area contributed by atoms with Gasteiger partial charge in [-0.1, -0.05) is 0 Å². The van der Waals surface area contributed by atoms with Crippen molar-refractivity contribution < 1.29 is 22.7 Å². The molecule has 0 heterocycles. The lowest BCUT2D eigenvalue weighted by molar-refractivity contribution is -0.135. The zero-order valence-electron chi connectivity index (χ0n) is 5.41. The Labute approximate surface area is 74.5 Å². The van der Waals surface area contributed by atoms with E-state index in [1.807, 2.05) is 0 Å². The second-order valence-corrected chi connectivity index (χ2v) is 2.68. The van der Waals surface area contributed by atoms with Gasteiger partial charge in [0, 0.05) is 6.08 Å². The summed E-state index contributed by atoms with van der Waals surface area (Å²) in [5, 5.41) is 0. The second kappa shape index (κ2) is 3.93. The van der Waals surface area contributed by atoms with Crippen molar-refractivity contribution in [3.05, 3.63) is 9.66 Å². The molecule has 0 bridgehead atoms. The minimum absolute atomic E-state index is 0.389. The Morgan fingerprint density at radius 2 is 2.00 bits per heavy atom. The van der Waals surface area contributed by atoms with Crippen LogP contribution in [0.3, 0.4) is 0 Å². The summed E-state index contributed by atoms with van der Waals surface area (Å²) in [5.41, 5.74) is 0. The summed E-state index contributed by atoms with van der Waals surface area (Å²) in [5.74, 6) is -1.01. The van der Waals surface area contributed by atoms with Gasteiger partial charge in [0.05, 0.1) is 7.11 Å². The molecule has 0 unspecified atom stereocenters. The monoisotopic (exact) mass is 280 g/mol. The van der Waals surface area contributed by atoms with Gasteiger partial charge in [0.15, 0.2) is 0 Å². The van der Waals surface area contributed by atoms with Crippen molar-refractivity contribution in [2.24, 2.45) is 0 Å². The number of methoxy groups -OCH3 is 1. The normalized spacial score (nSPS) is 13.0. The molecule has 0 amide bonds. The van der Waals surface area contributed by atoms with E-state index in [9.17, 15) is 18.0 Å². The van der Waals surface area contributed by atoms with Gasteiger partial charge in [-0.05, 0) is 22.6 Å². The molecule has 0 aromatic carbocycles. The standard InChI is InChI=1S/C5H4F3IO2/c1-11-4(10)2-3(9)5(6,7)8/h2H,1H3/b3-2-. The number of hydrogen-bond acceptors (Lipinski definition) is 2. The van der Waals surface area contributed by atoms with Crippen molar-refractivity contribution in [3.63, 3.8) is 0 Å². The molecule has 0 aromatic rings. The van der Waals surface area contributed by atoms with Crippen molar-refractivity contribution in [1.82, 2.24) is 0 Å². The first-order valence-corrected chi connectivity index (χ1v) is 3.48. The summed E-state index contributed by atoms with van der Waals surface area (Å²) >= 11 is 1.02. The van der Waals surface area contributed by atoms with Gasteiger partial charge >= 0.3 is 12.1 Å². The van der Waals surface area contributed by atoms with Gasteiger partial charge < -0.3 is 4.74 Å². The molecule has 0 saturated carbocycles. The molecule has 0 N–H and O–H groups in total. The molecule has 2 nitrogen and oxygen atoms in total. The highest BCUT2D eigenvalue weighted by atomic mass is 127. The third-order valence-electron chi connectivity index (χ3n) is 0.717. The van der Waals surface area contributed by atoms with E-state index in [0.29, 0.717) is 6.08 Å². The first-order valence-electron chi connectivity index (χ1n) is 2.40. The van der Waals surface area contributed by atoms with Crippen LogP contribution >= 0.6 is 22.6 Å². The van der Waals surface area contributed by atoms with Crippen molar-refractivity contribution in [2.45, 2.75) is 6.18 Å². The van der Waals surface area contributed by atoms with Gasteiger partial charge in [-0.3, -0.25) is 0 Å². The summed E-state index contributed by atoms with van der Waals surface area (Å²) in [6.45, 7) is 0. The van der Waals surface area contributed by atoms with Gasteiger partial charge in [0.25, 0.3) is 0 Å². The molecular formula is C5H4F3IO2. The third kappa shape index (κ3) is 4.23. The molecule has 0 aromatic heterocycles. The SMILES string of the molecule is COC(=O)/C=C(\I)C(F)(F)F. The zero-order chi connectivity index (χ0) is 9.07. The van der Waals surface area contributed by atoms with Crippen LogP contribution in [0.4, 0.5) is 13.2 Å². The fourth-order valence-electron chi connectivity index (χ4n) is 0.244. The Bertz CT molecular complexity index is 185. The fourth-order valence-corrected chi connectivity index (χ4v) is 0.498. The largest absolute Gasteiger partial charge is 0.466 e. The van der Waals surface area contributed by atoms with Crippen LogP contribution in [0.5, 0.6) is 0 Å². The molecule has 11 heavy (non-hydrogen) atoms. The van der Waals surface area contributed by atoms with Crippen LogP contribution in [0.15, 0.2) is 9.66 Å². The molecule has 0 saturated heterocycles. The van der Waals surface area contributed by atoms with Gasteiger partial charge in [-0.2, -0.15) is 13.2 Å². The van der Waals surface area contributed by atoms with E-state index in [1.54, 1.807) is 0 Å². The molecule has 0 atom stereocenters. The second-order valence-electron chi connectivity index (χ2n) is 1.51. The molecule has 0 spiro atoms. The lowest BCUT2D eigenvalue weighted by atomic mass is 10.5.